The Labute approximate surface area is 127 Å². The third-order valence-corrected chi connectivity index (χ3v) is 3.50. The van der Waals surface area contributed by atoms with Gasteiger partial charge in [0.2, 0.25) is 5.91 Å². The van der Waals surface area contributed by atoms with Gasteiger partial charge in [-0.15, -0.1) is 6.58 Å². The molecule has 120 valence electrons. The number of aliphatic hydroxyl groups excluding tert-OH is 1. The van der Waals surface area contributed by atoms with E-state index < -0.39 is 11.5 Å². The van der Waals surface area contributed by atoms with Crippen LogP contribution in [0.1, 0.15) is 46.5 Å². The molecule has 1 rings (SSSR count). The predicted octanol–water partition coefficient (Wildman–Crippen LogP) is 1.89. The second-order valence-corrected chi connectivity index (χ2v) is 6.52. The molecule has 0 radical (unpaired) electrons. The molecule has 0 saturated carbocycles. The van der Waals surface area contributed by atoms with Gasteiger partial charge in [0.25, 0.3) is 0 Å². The fourth-order valence-corrected chi connectivity index (χ4v) is 2.61. The molecule has 0 aromatic carbocycles. The Balaban J connectivity index is 2.69. The summed E-state index contributed by atoms with van der Waals surface area (Å²) < 4.78 is 5.29. The number of rotatable bonds is 6. The van der Waals surface area contributed by atoms with Gasteiger partial charge in [-0.2, -0.15) is 0 Å². The van der Waals surface area contributed by atoms with Crippen LogP contribution in [0.25, 0.3) is 0 Å². The van der Waals surface area contributed by atoms with Crippen LogP contribution in [0.5, 0.6) is 0 Å². The lowest BCUT2D eigenvalue weighted by molar-refractivity contribution is -0.158. The maximum absolute atomic E-state index is 12.6. The van der Waals surface area contributed by atoms with E-state index in [4.69, 9.17) is 4.74 Å². The first-order valence-corrected chi connectivity index (χ1v) is 7.52. The Hall–Kier alpha value is -1.36. The summed E-state index contributed by atoms with van der Waals surface area (Å²) in [6.45, 7) is 9.68. The number of nitrogens with zero attached hydrogens (tertiary/aromatic N) is 1. The molecule has 1 aliphatic rings. The number of carbonyl (C=O) groups is 2. The molecule has 1 saturated heterocycles. The molecule has 0 spiro atoms. The van der Waals surface area contributed by atoms with Crippen LogP contribution in [-0.4, -0.2) is 46.7 Å². The molecule has 5 nitrogen and oxygen atoms in total. The Morgan fingerprint density at radius 2 is 2.14 bits per heavy atom. The average Bonchev–Trinajstić information content (AvgIpc) is 2.83. The molecular formula is C16H27NO4. The second kappa shape index (κ2) is 7.59. The Kier molecular flexibility index (Phi) is 6.40. The standard InChI is InChI=1S/C16H27NO4/c1-5-7-12(10-14(19)21-16(2,3)4)15(20)17-9-6-8-13(17)11-18/h5,12-13,18H,1,6-11H2,2-4H3. The highest BCUT2D eigenvalue weighted by Crippen LogP contribution is 2.23. The van der Waals surface area contributed by atoms with E-state index in [0.29, 0.717) is 13.0 Å². The van der Waals surface area contributed by atoms with Crippen molar-refractivity contribution < 1.29 is 19.4 Å². The maximum atomic E-state index is 12.6. The van der Waals surface area contributed by atoms with Gasteiger partial charge >= 0.3 is 5.97 Å². The zero-order chi connectivity index (χ0) is 16.0. The molecule has 1 aliphatic heterocycles. The molecule has 0 aromatic heterocycles. The molecule has 0 aromatic rings. The molecule has 1 fully saturated rings. The van der Waals surface area contributed by atoms with Gasteiger partial charge in [0, 0.05) is 6.54 Å². The summed E-state index contributed by atoms with van der Waals surface area (Å²) >= 11 is 0. The van der Waals surface area contributed by atoms with Crippen LogP contribution >= 0.6 is 0 Å². The van der Waals surface area contributed by atoms with Crippen LogP contribution in [0.3, 0.4) is 0 Å². The van der Waals surface area contributed by atoms with Gasteiger partial charge in [0.15, 0.2) is 0 Å². The van der Waals surface area contributed by atoms with E-state index in [9.17, 15) is 14.7 Å². The van der Waals surface area contributed by atoms with Crippen molar-refractivity contribution in [2.45, 2.75) is 58.1 Å². The SMILES string of the molecule is C=CCC(CC(=O)OC(C)(C)C)C(=O)N1CCCC1CO. The van der Waals surface area contributed by atoms with Gasteiger partial charge in [0.05, 0.1) is 25.0 Å². The molecule has 2 atom stereocenters. The minimum Gasteiger partial charge on any atom is -0.460 e. The summed E-state index contributed by atoms with van der Waals surface area (Å²) in [6, 6.07) is -0.122. The van der Waals surface area contributed by atoms with Gasteiger partial charge in [0.1, 0.15) is 5.60 Å². The first-order chi connectivity index (χ1) is 9.78. The van der Waals surface area contributed by atoms with Crippen LogP contribution in [0.2, 0.25) is 0 Å². The number of hydrogen-bond donors (Lipinski definition) is 1. The molecule has 2 unspecified atom stereocenters. The average molecular weight is 297 g/mol. The van der Waals surface area contributed by atoms with Crippen LogP contribution in [0, 0.1) is 5.92 Å². The largest absolute Gasteiger partial charge is 0.460 e. The van der Waals surface area contributed by atoms with Gasteiger partial charge in [-0.25, -0.2) is 0 Å². The number of hydrogen-bond acceptors (Lipinski definition) is 4. The first kappa shape index (κ1) is 17.7. The number of ether oxygens (including phenoxy) is 1. The van der Waals surface area contributed by atoms with Gasteiger partial charge in [-0.05, 0) is 40.0 Å². The molecule has 1 N–H and O–H groups in total. The quantitative estimate of drug-likeness (QED) is 0.600. The normalized spacial score (nSPS) is 20.2. The predicted molar refractivity (Wildman–Crippen MR) is 80.6 cm³/mol. The monoisotopic (exact) mass is 297 g/mol. The first-order valence-electron chi connectivity index (χ1n) is 7.52. The fraction of sp³-hybridized carbons (Fsp3) is 0.750. The van der Waals surface area contributed by atoms with Crippen molar-refractivity contribution in [2.75, 3.05) is 13.2 Å². The number of esters is 1. The third-order valence-electron chi connectivity index (χ3n) is 3.50. The lowest BCUT2D eigenvalue weighted by Crippen LogP contribution is -2.42. The van der Waals surface area contributed by atoms with Gasteiger partial charge < -0.3 is 14.7 Å². The van der Waals surface area contributed by atoms with E-state index in [1.807, 2.05) is 0 Å². The number of allylic oxidation sites excluding steroid dienone is 1. The maximum Gasteiger partial charge on any atom is 0.307 e. The topological polar surface area (TPSA) is 66.8 Å². The summed E-state index contributed by atoms with van der Waals surface area (Å²) in [5.74, 6) is -0.913. The van der Waals surface area contributed by atoms with E-state index in [-0.39, 0.29) is 30.9 Å². The molecule has 1 amide bonds. The van der Waals surface area contributed by atoms with Crippen LogP contribution in [0.15, 0.2) is 12.7 Å². The van der Waals surface area contributed by atoms with E-state index in [2.05, 4.69) is 6.58 Å². The Morgan fingerprint density at radius 1 is 1.48 bits per heavy atom. The molecule has 21 heavy (non-hydrogen) atoms. The highest BCUT2D eigenvalue weighted by molar-refractivity contribution is 5.84. The molecule has 1 heterocycles. The molecular weight excluding hydrogens is 270 g/mol. The smallest absolute Gasteiger partial charge is 0.307 e. The number of amides is 1. The molecule has 0 aliphatic carbocycles. The van der Waals surface area contributed by atoms with E-state index in [0.717, 1.165) is 12.8 Å². The Morgan fingerprint density at radius 3 is 2.67 bits per heavy atom. The Bertz CT molecular complexity index is 386. The summed E-state index contributed by atoms with van der Waals surface area (Å²) in [7, 11) is 0. The number of carbonyl (C=O) groups excluding carboxylic acids is 2. The second-order valence-electron chi connectivity index (χ2n) is 6.52. The third kappa shape index (κ3) is 5.50. The minimum atomic E-state index is -0.555. The summed E-state index contributed by atoms with van der Waals surface area (Å²) in [5.41, 5.74) is -0.555. The van der Waals surface area contributed by atoms with Gasteiger partial charge in [-0.3, -0.25) is 9.59 Å². The number of aliphatic hydroxyl groups is 1. The lowest BCUT2D eigenvalue weighted by Gasteiger charge is -2.28. The molecule has 5 heteroatoms. The van der Waals surface area contributed by atoms with Crippen molar-refractivity contribution in [3.8, 4) is 0 Å². The van der Waals surface area contributed by atoms with Crippen LogP contribution in [-0.2, 0) is 14.3 Å². The minimum absolute atomic E-state index is 0.0288. The van der Waals surface area contributed by atoms with Gasteiger partial charge in [-0.1, -0.05) is 6.08 Å². The van der Waals surface area contributed by atoms with Crippen LogP contribution in [0.4, 0.5) is 0 Å². The summed E-state index contributed by atoms with van der Waals surface area (Å²) in [5, 5.41) is 9.33. The summed E-state index contributed by atoms with van der Waals surface area (Å²) in [4.78, 5) is 26.2. The van der Waals surface area contributed by atoms with Crippen molar-refractivity contribution in [2.24, 2.45) is 5.92 Å². The van der Waals surface area contributed by atoms with Crippen LogP contribution < -0.4 is 0 Å². The van der Waals surface area contributed by atoms with Crippen molar-refractivity contribution in [1.29, 1.82) is 0 Å². The lowest BCUT2D eigenvalue weighted by atomic mass is 9.99. The summed E-state index contributed by atoms with van der Waals surface area (Å²) in [6.07, 6.45) is 3.85. The molecule has 0 bridgehead atoms. The zero-order valence-electron chi connectivity index (χ0n) is 13.3. The van der Waals surface area contributed by atoms with E-state index in [1.165, 1.54) is 0 Å². The van der Waals surface area contributed by atoms with E-state index >= 15 is 0 Å². The fourth-order valence-electron chi connectivity index (χ4n) is 2.61. The zero-order valence-corrected chi connectivity index (χ0v) is 13.3. The van der Waals surface area contributed by atoms with Crippen molar-refractivity contribution >= 4 is 11.9 Å². The van der Waals surface area contributed by atoms with E-state index in [1.54, 1.807) is 31.7 Å². The highest BCUT2D eigenvalue weighted by Gasteiger charge is 2.33. The van der Waals surface area contributed by atoms with Crippen molar-refractivity contribution in [1.82, 2.24) is 4.90 Å². The van der Waals surface area contributed by atoms with Crippen molar-refractivity contribution in [3.63, 3.8) is 0 Å². The van der Waals surface area contributed by atoms with Crippen molar-refractivity contribution in [3.05, 3.63) is 12.7 Å². The highest BCUT2D eigenvalue weighted by atomic mass is 16.6. The number of likely N-dealkylation sites (tertiary alicyclic amines) is 1.